The second-order valence-corrected chi connectivity index (χ2v) is 7.09. The monoisotopic (exact) mass is 406 g/mol. The van der Waals surface area contributed by atoms with Gasteiger partial charge in [-0.15, -0.1) is 0 Å². The van der Waals surface area contributed by atoms with E-state index in [9.17, 15) is 9.59 Å². The fourth-order valence-corrected chi connectivity index (χ4v) is 3.65. The largest absolute Gasteiger partial charge is 0.465 e. The predicted molar refractivity (Wildman–Crippen MR) is 117 cm³/mol. The molecule has 2 aromatic carbocycles. The van der Waals surface area contributed by atoms with Crippen LogP contribution < -0.4 is 10.2 Å². The van der Waals surface area contributed by atoms with Crippen molar-refractivity contribution in [2.24, 2.45) is 0 Å². The number of hydrogen-bond acceptors (Lipinski definition) is 4. The first kappa shape index (κ1) is 21.5. The first-order valence-electron chi connectivity index (χ1n) is 10.2. The number of likely N-dealkylation sites (N-methyl/N-ethyl adjacent to an activating group) is 2. The average molecular weight is 407 g/mol. The number of benzene rings is 2. The third-order valence-electron chi connectivity index (χ3n) is 5.12. The molecule has 2 N–H and O–H groups in total. The molecule has 30 heavy (non-hydrogen) atoms. The van der Waals surface area contributed by atoms with Crippen LogP contribution in [0.15, 0.2) is 54.6 Å². The van der Waals surface area contributed by atoms with Crippen molar-refractivity contribution in [3.8, 4) is 11.1 Å². The van der Waals surface area contributed by atoms with E-state index < -0.39 is 5.97 Å². The van der Waals surface area contributed by atoms with Gasteiger partial charge in [0, 0.05) is 17.5 Å². The first-order valence-corrected chi connectivity index (χ1v) is 10.2. The summed E-state index contributed by atoms with van der Waals surface area (Å²) in [6.45, 7) is 6.01. The molecule has 1 atom stereocenters. The van der Waals surface area contributed by atoms with Crippen molar-refractivity contribution in [3.63, 3.8) is 0 Å². The number of amides is 1. The van der Waals surface area contributed by atoms with E-state index >= 15 is 0 Å². The van der Waals surface area contributed by atoms with Crippen LogP contribution in [0.1, 0.15) is 29.9 Å². The normalized spacial score (nSPS) is 11.8. The summed E-state index contributed by atoms with van der Waals surface area (Å²) >= 11 is 0. The molecule has 6 nitrogen and oxygen atoms in total. The topological polar surface area (TPSA) is 72.7 Å². The second kappa shape index (κ2) is 9.98. The quantitative estimate of drug-likeness (QED) is 0.563. The Morgan fingerprint density at radius 1 is 1.03 bits per heavy atom. The van der Waals surface area contributed by atoms with Crippen LogP contribution in [0.4, 0.5) is 0 Å². The van der Waals surface area contributed by atoms with E-state index in [1.54, 1.807) is 0 Å². The molecule has 0 aliphatic rings. The number of carbonyl (C=O) groups excluding carboxylic acids is 2. The molecule has 0 saturated carbocycles. The van der Waals surface area contributed by atoms with Crippen LogP contribution in [0.2, 0.25) is 0 Å². The van der Waals surface area contributed by atoms with E-state index in [-0.39, 0.29) is 5.91 Å². The Morgan fingerprint density at radius 3 is 2.40 bits per heavy atom. The Balaban J connectivity index is 2.18. The van der Waals surface area contributed by atoms with Crippen molar-refractivity contribution in [3.05, 3.63) is 65.9 Å². The zero-order chi connectivity index (χ0) is 21.5. The number of quaternary nitrogens is 1. The van der Waals surface area contributed by atoms with Gasteiger partial charge in [-0.2, -0.15) is 0 Å². The Hall–Kier alpha value is -3.25. The lowest BCUT2D eigenvalue weighted by atomic mass is 9.94. The minimum atomic E-state index is -0.421. The Kier molecular flexibility index (Phi) is 7.14. The predicted octanol–water partition coefficient (Wildman–Crippen LogP) is 2.23. The van der Waals surface area contributed by atoms with Gasteiger partial charge >= 0.3 is 5.97 Å². The van der Waals surface area contributed by atoms with Crippen LogP contribution in [-0.4, -0.2) is 43.6 Å². The van der Waals surface area contributed by atoms with Crippen molar-refractivity contribution in [1.29, 1.82) is 0 Å². The molecule has 3 rings (SSSR count). The summed E-state index contributed by atoms with van der Waals surface area (Å²) < 4.78 is 5.16. The molecule has 6 heteroatoms. The lowest BCUT2D eigenvalue weighted by Crippen LogP contribution is -3.11. The van der Waals surface area contributed by atoms with E-state index in [2.05, 4.69) is 5.32 Å². The molecule has 1 unspecified atom stereocenters. The first-order chi connectivity index (χ1) is 14.6. The van der Waals surface area contributed by atoms with Gasteiger partial charge in [0.15, 0.2) is 6.54 Å². The molecular weight excluding hydrogens is 378 g/mol. The summed E-state index contributed by atoms with van der Waals surface area (Å²) in [5.41, 5.74) is 3.66. The molecule has 3 aromatic rings. The minimum absolute atomic E-state index is 0.0157. The van der Waals surface area contributed by atoms with Crippen molar-refractivity contribution in [2.75, 3.05) is 26.7 Å². The van der Waals surface area contributed by atoms with Gasteiger partial charge in [-0.1, -0.05) is 48.5 Å². The number of aromatic nitrogens is 1. The number of pyridine rings is 1. The lowest BCUT2D eigenvalue weighted by molar-refractivity contribution is -0.904. The maximum Gasteiger partial charge on any atom is 0.340 e. The molecule has 0 fully saturated rings. The zero-order valence-electron chi connectivity index (χ0n) is 17.7. The number of ether oxygens (including phenoxy) is 1. The summed E-state index contributed by atoms with van der Waals surface area (Å²) in [4.78, 5) is 30.9. The highest BCUT2D eigenvalue weighted by atomic mass is 16.5. The minimum Gasteiger partial charge on any atom is -0.465 e. The third-order valence-corrected chi connectivity index (χ3v) is 5.12. The van der Waals surface area contributed by atoms with Gasteiger partial charge in [-0.3, -0.25) is 4.79 Å². The van der Waals surface area contributed by atoms with Crippen LogP contribution in [0, 0.1) is 0 Å². The Labute approximate surface area is 176 Å². The second-order valence-electron chi connectivity index (χ2n) is 7.09. The lowest BCUT2D eigenvalue weighted by Gasteiger charge is -2.20. The van der Waals surface area contributed by atoms with Gasteiger partial charge < -0.3 is 15.0 Å². The number of hydrogen-bond donors (Lipinski definition) is 2. The Morgan fingerprint density at radius 2 is 1.73 bits per heavy atom. The maximum absolute atomic E-state index is 12.9. The number of esters is 1. The van der Waals surface area contributed by atoms with E-state index in [4.69, 9.17) is 9.72 Å². The fraction of sp³-hybridized carbons (Fsp3) is 0.292. The summed E-state index contributed by atoms with van der Waals surface area (Å²) in [6, 6.07) is 17.6. The highest BCUT2D eigenvalue weighted by Gasteiger charge is 2.26. The molecule has 0 saturated heterocycles. The number of fused-ring (bicyclic) bond motifs is 1. The molecule has 1 heterocycles. The SMILES string of the molecule is CCNC(=O)C[NH+](CC)Cc1nc2ccccc2c(-c2ccccc2)c1C(=O)OC. The van der Waals surface area contributed by atoms with E-state index in [0.29, 0.717) is 30.9 Å². The summed E-state index contributed by atoms with van der Waals surface area (Å²) in [7, 11) is 1.38. The Bertz CT molecular complexity index is 1030. The van der Waals surface area contributed by atoms with Gasteiger partial charge in [-0.25, -0.2) is 9.78 Å². The van der Waals surface area contributed by atoms with Crippen molar-refractivity contribution >= 4 is 22.8 Å². The highest BCUT2D eigenvalue weighted by Crippen LogP contribution is 2.33. The maximum atomic E-state index is 12.9. The van der Waals surface area contributed by atoms with Gasteiger partial charge in [0.2, 0.25) is 0 Å². The summed E-state index contributed by atoms with van der Waals surface area (Å²) in [6.07, 6.45) is 0. The number of methoxy groups -OCH3 is 1. The summed E-state index contributed by atoms with van der Waals surface area (Å²) in [5.74, 6) is -0.436. The zero-order valence-corrected chi connectivity index (χ0v) is 17.7. The number of nitrogens with one attached hydrogen (secondary N) is 2. The number of para-hydroxylation sites is 1. The summed E-state index contributed by atoms with van der Waals surface area (Å²) in [5, 5.41) is 3.74. The van der Waals surface area contributed by atoms with Gasteiger partial charge in [0.1, 0.15) is 12.2 Å². The van der Waals surface area contributed by atoms with Crippen molar-refractivity contribution in [1.82, 2.24) is 10.3 Å². The molecular formula is C24H28N3O3+. The molecule has 1 aromatic heterocycles. The molecule has 0 radical (unpaired) electrons. The van der Waals surface area contributed by atoms with Crippen LogP contribution in [-0.2, 0) is 16.1 Å². The molecule has 0 aliphatic heterocycles. The van der Waals surface area contributed by atoms with Gasteiger partial charge in [0.05, 0.1) is 24.7 Å². The van der Waals surface area contributed by atoms with Gasteiger partial charge in [-0.05, 0) is 25.5 Å². The highest BCUT2D eigenvalue weighted by molar-refractivity contribution is 6.07. The average Bonchev–Trinajstić information content (AvgIpc) is 2.77. The van der Waals surface area contributed by atoms with E-state index in [0.717, 1.165) is 33.5 Å². The standard InChI is InChI=1S/C24H27N3O3/c1-4-25-21(28)16-27(5-2)15-20-23(24(29)30-3)22(17-11-7-6-8-12-17)18-13-9-10-14-19(18)26-20/h6-14H,4-5,15-16H2,1-3H3,(H,25,28)/p+1. The van der Waals surface area contributed by atoms with Crippen LogP contribution in [0.5, 0.6) is 0 Å². The number of rotatable bonds is 8. The van der Waals surface area contributed by atoms with Crippen LogP contribution in [0.3, 0.4) is 0 Å². The molecule has 0 bridgehead atoms. The molecule has 1 amide bonds. The molecule has 0 aliphatic carbocycles. The van der Waals surface area contributed by atoms with E-state index in [1.165, 1.54) is 7.11 Å². The molecule has 156 valence electrons. The van der Waals surface area contributed by atoms with Crippen LogP contribution in [0.25, 0.3) is 22.0 Å². The number of carbonyl (C=O) groups is 2. The van der Waals surface area contributed by atoms with Crippen LogP contribution >= 0.6 is 0 Å². The van der Waals surface area contributed by atoms with Gasteiger partial charge in [0.25, 0.3) is 5.91 Å². The fourth-order valence-electron chi connectivity index (χ4n) is 3.65. The molecule has 0 spiro atoms. The smallest absolute Gasteiger partial charge is 0.340 e. The van der Waals surface area contributed by atoms with Crippen molar-refractivity contribution in [2.45, 2.75) is 20.4 Å². The third kappa shape index (κ3) is 4.66. The number of nitrogens with zero attached hydrogens (tertiary/aromatic N) is 1. The van der Waals surface area contributed by atoms with E-state index in [1.807, 2.05) is 68.4 Å². The van der Waals surface area contributed by atoms with Crippen molar-refractivity contribution < 1.29 is 19.2 Å².